The Kier molecular flexibility index (Phi) is 10.6. The third-order valence-corrected chi connectivity index (χ3v) is 8.48. The zero-order chi connectivity index (χ0) is 29.6. The lowest BCUT2D eigenvalue weighted by Gasteiger charge is -2.33. The van der Waals surface area contributed by atoms with Crippen LogP contribution in [0.1, 0.15) is 38.3 Å². The molecule has 0 spiro atoms. The van der Waals surface area contributed by atoms with E-state index < -0.39 is 34.3 Å². The average Bonchev–Trinajstić information content (AvgIpc) is 2.89. The molecule has 0 saturated carbocycles. The zero-order valence-corrected chi connectivity index (χ0v) is 25.0. The summed E-state index contributed by atoms with van der Waals surface area (Å²) < 4.78 is 42.3. The fraction of sp³-hybridized carbons (Fsp3) is 0.310. The molecule has 7 nitrogen and oxygen atoms in total. The van der Waals surface area contributed by atoms with Gasteiger partial charge in [0.15, 0.2) is 0 Å². The second-order valence-electron chi connectivity index (χ2n) is 9.66. The van der Waals surface area contributed by atoms with Crippen LogP contribution in [0.25, 0.3) is 0 Å². The van der Waals surface area contributed by atoms with Gasteiger partial charge in [0.1, 0.15) is 18.4 Å². The third kappa shape index (κ3) is 7.74. The number of hydrogen-bond acceptors (Lipinski definition) is 4. The lowest BCUT2D eigenvalue weighted by Crippen LogP contribution is -2.53. The van der Waals surface area contributed by atoms with Gasteiger partial charge in [-0.1, -0.05) is 60.0 Å². The number of carbonyl (C=O) groups excluding carboxylic acids is 2. The first-order valence-corrected chi connectivity index (χ1v) is 14.9. The van der Waals surface area contributed by atoms with Crippen LogP contribution in [0.3, 0.4) is 0 Å². The van der Waals surface area contributed by atoms with Crippen molar-refractivity contribution in [2.45, 2.75) is 57.6 Å². The molecule has 0 unspecified atom stereocenters. The summed E-state index contributed by atoms with van der Waals surface area (Å²) in [4.78, 5) is 28.4. The van der Waals surface area contributed by atoms with E-state index in [0.717, 1.165) is 9.87 Å². The number of aryl methyl sites for hydroxylation is 1. The number of amides is 2. The molecular weight excluding hydrogens is 576 g/mol. The Morgan fingerprint density at radius 2 is 1.60 bits per heavy atom. The minimum atomic E-state index is -4.30. The van der Waals surface area contributed by atoms with Crippen molar-refractivity contribution >= 4 is 50.7 Å². The van der Waals surface area contributed by atoms with Crippen LogP contribution in [-0.4, -0.2) is 43.8 Å². The van der Waals surface area contributed by atoms with E-state index in [1.807, 2.05) is 6.92 Å². The van der Waals surface area contributed by atoms with E-state index in [-0.39, 0.29) is 45.5 Å². The molecule has 0 saturated heterocycles. The summed E-state index contributed by atoms with van der Waals surface area (Å²) >= 11 is 12.6. The van der Waals surface area contributed by atoms with E-state index in [0.29, 0.717) is 5.56 Å². The number of nitrogens with zero attached hydrogens (tertiary/aromatic N) is 2. The number of nitrogens with one attached hydrogen (secondary N) is 1. The number of halogens is 3. The predicted octanol–water partition coefficient (Wildman–Crippen LogP) is 5.97. The Morgan fingerprint density at radius 1 is 0.975 bits per heavy atom. The number of sulfonamides is 1. The van der Waals surface area contributed by atoms with Gasteiger partial charge in [0.05, 0.1) is 15.6 Å². The van der Waals surface area contributed by atoms with Crippen molar-refractivity contribution in [3.05, 3.63) is 93.7 Å². The van der Waals surface area contributed by atoms with Crippen LogP contribution in [-0.2, 0) is 26.2 Å². The van der Waals surface area contributed by atoms with Crippen molar-refractivity contribution in [2.75, 3.05) is 10.8 Å². The minimum absolute atomic E-state index is 0.0181. The maximum Gasteiger partial charge on any atom is 0.264 e. The maximum absolute atomic E-state index is 14.0. The van der Waals surface area contributed by atoms with Gasteiger partial charge in [0.25, 0.3) is 10.0 Å². The van der Waals surface area contributed by atoms with E-state index in [1.165, 1.54) is 59.5 Å². The van der Waals surface area contributed by atoms with Crippen LogP contribution < -0.4 is 9.62 Å². The van der Waals surface area contributed by atoms with Crippen LogP contribution in [0.2, 0.25) is 10.0 Å². The Bertz CT molecular complexity index is 1450. The first-order valence-electron chi connectivity index (χ1n) is 12.7. The molecule has 0 radical (unpaired) electrons. The molecule has 3 aromatic rings. The topological polar surface area (TPSA) is 86.8 Å². The van der Waals surface area contributed by atoms with Crippen LogP contribution >= 0.6 is 23.2 Å². The molecule has 0 bridgehead atoms. The van der Waals surface area contributed by atoms with Crippen LogP contribution in [0.4, 0.5) is 10.1 Å². The maximum atomic E-state index is 14.0. The van der Waals surface area contributed by atoms with Crippen LogP contribution in [0.15, 0.2) is 71.6 Å². The summed E-state index contributed by atoms with van der Waals surface area (Å²) in [6.45, 7) is 6.46. The van der Waals surface area contributed by atoms with E-state index >= 15 is 0 Å². The largest absolute Gasteiger partial charge is 0.352 e. The molecular formula is C29H32Cl2FN3O4S. The highest BCUT2D eigenvalue weighted by atomic mass is 35.5. The van der Waals surface area contributed by atoms with Gasteiger partial charge in [0.2, 0.25) is 11.8 Å². The molecule has 0 aromatic heterocycles. The summed E-state index contributed by atoms with van der Waals surface area (Å²) in [5, 5.41) is 3.12. The molecule has 3 rings (SSSR count). The van der Waals surface area contributed by atoms with Gasteiger partial charge in [-0.15, -0.1) is 0 Å². The highest BCUT2D eigenvalue weighted by Crippen LogP contribution is 2.33. The SMILES string of the molecule is CC[C@@H](C(=O)NC(C)C)N(Cc1ccc(F)cc1)C(=O)CN(c1cc(Cl)ccc1Cl)S(=O)(=O)c1ccc(C)cc1. The third-order valence-electron chi connectivity index (χ3n) is 6.15. The lowest BCUT2D eigenvalue weighted by atomic mass is 10.1. The summed E-state index contributed by atoms with van der Waals surface area (Å²) in [7, 11) is -4.30. The van der Waals surface area contributed by atoms with E-state index in [2.05, 4.69) is 5.32 Å². The molecule has 11 heteroatoms. The van der Waals surface area contributed by atoms with Gasteiger partial charge in [-0.3, -0.25) is 13.9 Å². The first kappa shape index (κ1) is 31.4. The fourth-order valence-corrected chi connectivity index (χ4v) is 5.98. The second-order valence-corrected chi connectivity index (χ2v) is 12.4. The standard InChI is InChI=1S/C29H32Cl2FN3O4S/c1-5-26(29(37)33-19(2)3)34(17-21-8-11-23(32)12-9-21)28(36)18-35(27-16-22(30)10-15-25(27)31)40(38,39)24-13-6-20(4)7-14-24/h6-16,19,26H,5,17-18H2,1-4H3,(H,33,37)/t26-/m0/s1. The van der Waals surface area contributed by atoms with Gasteiger partial charge in [-0.25, -0.2) is 12.8 Å². The molecule has 2 amide bonds. The lowest BCUT2D eigenvalue weighted by molar-refractivity contribution is -0.140. The summed E-state index contributed by atoms with van der Waals surface area (Å²) in [5.41, 5.74) is 1.44. The molecule has 0 aliphatic carbocycles. The van der Waals surface area contributed by atoms with Crippen molar-refractivity contribution in [1.29, 1.82) is 0 Å². The summed E-state index contributed by atoms with van der Waals surface area (Å²) in [6, 6.07) is 15.0. The average molecular weight is 609 g/mol. The molecule has 1 atom stereocenters. The number of anilines is 1. The monoisotopic (exact) mass is 607 g/mol. The van der Waals surface area contributed by atoms with Crippen molar-refractivity contribution in [3.63, 3.8) is 0 Å². The van der Waals surface area contributed by atoms with Crippen LogP contribution in [0.5, 0.6) is 0 Å². The zero-order valence-electron chi connectivity index (χ0n) is 22.7. The molecule has 0 heterocycles. The highest BCUT2D eigenvalue weighted by Gasteiger charge is 2.34. The highest BCUT2D eigenvalue weighted by molar-refractivity contribution is 7.92. The van der Waals surface area contributed by atoms with Gasteiger partial charge < -0.3 is 10.2 Å². The first-order chi connectivity index (χ1) is 18.8. The Morgan fingerprint density at radius 3 is 2.17 bits per heavy atom. The summed E-state index contributed by atoms with van der Waals surface area (Å²) in [6.07, 6.45) is 0.258. The Labute approximate surface area is 244 Å². The van der Waals surface area contributed by atoms with Crippen molar-refractivity contribution in [2.24, 2.45) is 0 Å². The molecule has 214 valence electrons. The molecule has 0 fully saturated rings. The van der Waals surface area contributed by atoms with Crippen LogP contribution in [0, 0.1) is 12.7 Å². The van der Waals surface area contributed by atoms with Gasteiger partial charge in [-0.2, -0.15) is 0 Å². The molecule has 0 aliphatic rings. The van der Waals surface area contributed by atoms with Crippen molar-refractivity contribution in [1.82, 2.24) is 10.2 Å². The van der Waals surface area contributed by atoms with Crippen molar-refractivity contribution in [3.8, 4) is 0 Å². The molecule has 0 aliphatic heterocycles. The van der Waals surface area contributed by atoms with Gasteiger partial charge >= 0.3 is 0 Å². The minimum Gasteiger partial charge on any atom is -0.352 e. The number of carbonyl (C=O) groups is 2. The van der Waals surface area contributed by atoms with E-state index in [4.69, 9.17) is 23.2 Å². The smallest absolute Gasteiger partial charge is 0.264 e. The number of rotatable bonds is 11. The Balaban J connectivity index is 2.10. The van der Waals surface area contributed by atoms with E-state index in [9.17, 15) is 22.4 Å². The van der Waals surface area contributed by atoms with E-state index in [1.54, 1.807) is 32.9 Å². The quantitative estimate of drug-likeness (QED) is 0.291. The van der Waals surface area contributed by atoms with Gasteiger partial charge in [-0.05, 0) is 75.2 Å². The Hall–Kier alpha value is -3.14. The fourth-order valence-electron chi connectivity index (χ4n) is 4.11. The van der Waals surface area contributed by atoms with Crippen molar-refractivity contribution < 1.29 is 22.4 Å². The molecule has 40 heavy (non-hydrogen) atoms. The second kappa shape index (κ2) is 13.5. The molecule has 3 aromatic carbocycles. The predicted molar refractivity (Wildman–Crippen MR) is 156 cm³/mol. The number of benzene rings is 3. The molecule has 1 N–H and O–H groups in total. The summed E-state index contributed by atoms with van der Waals surface area (Å²) in [5.74, 6) is -1.49. The van der Waals surface area contributed by atoms with Gasteiger partial charge in [0, 0.05) is 17.6 Å². The normalized spacial score (nSPS) is 12.2. The number of hydrogen-bond donors (Lipinski definition) is 1.